The number of rotatable bonds is 2. The molecular weight excluding hydrogens is 354 g/mol. The van der Waals surface area contributed by atoms with Gasteiger partial charge >= 0.3 is 0 Å². The summed E-state index contributed by atoms with van der Waals surface area (Å²) in [5.74, 6) is -0.0712. The van der Waals surface area contributed by atoms with E-state index in [2.05, 4.69) is 15.9 Å². The van der Waals surface area contributed by atoms with Crippen LogP contribution in [0.4, 0.5) is 5.69 Å². The number of aromatic hydroxyl groups is 2. The molecule has 0 saturated heterocycles. The van der Waals surface area contributed by atoms with Gasteiger partial charge in [0.05, 0.1) is 16.5 Å². The molecule has 0 fully saturated rings. The molecule has 4 nitrogen and oxygen atoms in total. The minimum absolute atomic E-state index is 0.0143. The molecule has 0 spiro atoms. The third-order valence-electron chi connectivity index (χ3n) is 3.20. The highest BCUT2D eigenvalue weighted by molar-refractivity contribution is 9.10. The molecular formula is C15H12BrNO3S. The number of hydrogen-bond acceptors (Lipinski definition) is 4. The quantitative estimate of drug-likeness (QED) is 0.853. The highest BCUT2D eigenvalue weighted by Crippen LogP contribution is 2.40. The van der Waals surface area contributed by atoms with Crippen molar-refractivity contribution in [1.29, 1.82) is 0 Å². The number of anilines is 1. The van der Waals surface area contributed by atoms with E-state index >= 15 is 0 Å². The fraction of sp³-hybridized carbons (Fsp3) is 0.0667. The molecule has 0 bridgehead atoms. The molecule has 2 aromatic rings. The van der Waals surface area contributed by atoms with Crippen molar-refractivity contribution in [1.82, 2.24) is 0 Å². The summed E-state index contributed by atoms with van der Waals surface area (Å²) in [5.41, 5.74) is 1.38. The molecule has 0 amide bonds. The molecule has 21 heavy (non-hydrogen) atoms. The van der Waals surface area contributed by atoms with E-state index in [1.165, 1.54) is 12.1 Å². The van der Waals surface area contributed by atoms with Crippen LogP contribution < -0.4 is 4.90 Å². The monoisotopic (exact) mass is 365 g/mol. The highest BCUT2D eigenvalue weighted by atomic mass is 79.9. The van der Waals surface area contributed by atoms with Gasteiger partial charge in [0.25, 0.3) is 0 Å². The molecule has 2 aromatic carbocycles. The summed E-state index contributed by atoms with van der Waals surface area (Å²) in [6.45, 7) is 0. The summed E-state index contributed by atoms with van der Waals surface area (Å²) in [7, 11) is -1.21. The van der Waals surface area contributed by atoms with E-state index < -0.39 is 16.2 Å². The van der Waals surface area contributed by atoms with Crippen LogP contribution in [0.1, 0.15) is 10.9 Å². The maximum Gasteiger partial charge on any atom is 0.142 e. The van der Waals surface area contributed by atoms with Crippen LogP contribution >= 0.6 is 15.9 Å². The lowest BCUT2D eigenvalue weighted by atomic mass is 10.2. The molecule has 108 valence electrons. The Labute approximate surface area is 132 Å². The molecule has 2 N–H and O–H groups in total. The number of phenolic OH excluding ortho intramolecular Hbond substituents is 2. The molecule has 2 unspecified atom stereocenters. The second-order valence-electron chi connectivity index (χ2n) is 4.60. The van der Waals surface area contributed by atoms with E-state index in [9.17, 15) is 14.4 Å². The molecule has 1 heterocycles. The first kappa shape index (κ1) is 14.2. The Morgan fingerprint density at radius 2 is 1.95 bits per heavy atom. The molecule has 2 atom stereocenters. The van der Waals surface area contributed by atoms with Gasteiger partial charge in [-0.3, -0.25) is 4.21 Å². The molecule has 0 radical (unpaired) electrons. The van der Waals surface area contributed by atoms with Crippen LogP contribution in [0.3, 0.4) is 0 Å². The lowest BCUT2D eigenvalue weighted by Crippen LogP contribution is -2.21. The summed E-state index contributed by atoms with van der Waals surface area (Å²) >= 11 is 3.41. The molecule has 0 aromatic heterocycles. The summed E-state index contributed by atoms with van der Waals surface area (Å²) in [6, 6.07) is 11.9. The van der Waals surface area contributed by atoms with Gasteiger partial charge in [0.2, 0.25) is 0 Å². The largest absolute Gasteiger partial charge is 0.508 e. The smallest absolute Gasteiger partial charge is 0.142 e. The fourth-order valence-electron chi connectivity index (χ4n) is 2.28. The Hall–Kier alpha value is -1.79. The molecule has 6 heteroatoms. The van der Waals surface area contributed by atoms with E-state index in [1.807, 2.05) is 24.3 Å². The number of hydrogen-bond donors (Lipinski definition) is 2. The van der Waals surface area contributed by atoms with Crippen LogP contribution in [0.5, 0.6) is 11.5 Å². The zero-order valence-electron chi connectivity index (χ0n) is 10.8. The van der Waals surface area contributed by atoms with Crippen molar-refractivity contribution >= 4 is 32.4 Å². The number of nitrogens with zero attached hydrogens (tertiary/aromatic N) is 1. The topological polar surface area (TPSA) is 60.8 Å². The Kier molecular flexibility index (Phi) is 3.73. The van der Waals surface area contributed by atoms with Crippen molar-refractivity contribution in [3.63, 3.8) is 0 Å². The average molecular weight is 366 g/mol. The maximum absolute atomic E-state index is 12.3. The number of phenols is 2. The molecule has 3 rings (SSSR count). The molecule has 0 saturated carbocycles. The fourth-order valence-corrected chi connectivity index (χ4v) is 3.92. The summed E-state index contributed by atoms with van der Waals surface area (Å²) in [5, 5.41) is 20.6. The van der Waals surface area contributed by atoms with Crippen LogP contribution in [0.2, 0.25) is 0 Å². The molecule has 0 aliphatic carbocycles. The third-order valence-corrected chi connectivity index (χ3v) is 5.02. The van der Waals surface area contributed by atoms with Crippen LogP contribution in [0.15, 0.2) is 58.5 Å². The predicted octanol–water partition coefficient (Wildman–Crippen LogP) is 3.60. The van der Waals surface area contributed by atoms with Gasteiger partial charge < -0.3 is 15.1 Å². The van der Waals surface area contributed by atoms with Gasteiger partial charge in [-0.2, -0.15) is 0 Å². The average Bonchev–Trinajstić information content (AvgIpc) is 2.80. The Morgan fingerprint density at radius 1 is 1.14 bits per heavy atom. The van der Waals surface area contributed by atoms with Gasteiger partial charge in [-0.05, 0) is 29.8 Å². The van der Waals surface area contributed by atoms with E-state index in [-0.39, 0.29) is 11.5 Å². The van der Waals surface area contributed by atoms with Gasteiger partial charge in [0, 0.05) is 22.1 Å². The first-order chi connectivity index (χ1) is 10.1. The molecule has 1 aliphatic rings. The summed E-state index contributed by atoms with van der Waals surface area (Å²) < 4.78 is 13.2. The van der Waals surface area contributed by atoms with Crippen molar-refractivity contribution < 1.29 is 14.4 Å². The Morgan fingerprint density at radius 3 is 2.67 bits per heavy atom. The predicted molar refractivity (Wildman–Crippen MR) is 86.4 cm³/mol. The highest BCUT2D eigenvalue weighted by Gasteiger charge is 2.30. The van der Waals surface area contributed by atoms with Crippen LogP contribution in [0.25, 0.3) is 0 Å². The molecule has 1 aliphatic heterocycles. The second kappa shape index (κ2) is 5.54. The van der Waals surface area contributed by atoms with Gasteiger partial charge in [-0.1, -0.05) is 28.1 Å². The van der Waals surface area contributed by atoms with Crippen LogP contribution in [0, 0.1) is 0 Å². The third kappa shape index (κ3) is 2.69. The van der Waals surface area contributed by atoms with Crippen molar-refractivity contribution in [3.05, 3.63) is 64.1 Å². The standard InChI is InChI=1S/C15H12BrNO3S/c16-11-3-1-2-10(8-11)15-17(6-7-21(15)20)13-5-4-12(18)9-14(13)19/h1-9,15,18-19H. The Bertz CT molecular complexity index is 747. The zero-order valence-corrected chi connectivity index (χ0v) is 13.2. The number of halogens is 1. The van der Waals surface area contributed by atoms with E-state index in [1.54, 1.807) is 22.6 Å². The van der Waals surface area contributed by atoms with Crippen LogP contribution in [-0.2, 0) is 10.8 Å². The van der Waals surface area contributed by atoms with Crippen molar-refractivity contribution in [2.45, 2.75) is 5.37 Å². The lowest BCUT2D eigenvalue weighted by molar-refractivity contribution is 0.450. The summed E-state index contributed by atoms with van der Waals surface area (Å²) in [6.07, 6.45) is 1.69. The lowest BCUT2D eigenvalue weighted by Gasteiger charge is -2.25. The van der Waals surface area contributed by atoms with E-state index in [0.717, 1.165) is 10.0 Å². The van der Waals surface area contributed by atoms with Crippen molar-refractivity contribution in [3.8, 4) is 11.5 Å². The van der Waals surface area contributed by atoms with Crippen LogP contribution in [-0.4, -0.2) is 14.4 Å². The minimum atomic E-state index is -1.21. The minimum Gasteiger partial charge on any atom is -0.508 e. The van der Waals surface area contributed by atoms with E-state index in [4.69, 9.17) is 0 Å². The number of benzene rings is 2. The van der Waals surface area contributed by atoms with Gasteiger partial charge in [0.15, 0.2) is 0 Å². The normalized spacial score (nSPS) is 20.9. The summed E-state index contributed by atoms with van der Waals surface area (Å²) in [4.78, 5) is 1.74. The first-order valence-electron chi connectivity index (χ1n) is 6.20. The zero-order chi connectivity index (χ0) is 15.0. The second-order valence-corrected chi connectivity index (χ2v) is 6.89. The van der Waals surface area contributed by atoms with Gasteiger partial charge in [-0.15, -0.1) is 0 Å². The van der Waals surface area contributed by atoms with Crippen molar-refractivity contribution in [2.75, 3.05) is 4.90 Å². The van der Waals surface area contributed by atoms with Gasteiger partial charge in [0.1, 0.15) is 16.9 Å². The first-order valence-corrected chi connectivity index (χ1v) is 8.26. The van der Waals surface area contributed by atoms with Gasteiger partial charge in [-0.25, -0.2) is 0 Å². The maximum atomic E-state index is 12.3. The SMILES string of the molecule is O=S1C=CN(c2ccc(O)cc2O)C1c1cccc(Br)c1. The van der Waals surface area contributed by atoms with Crippen molar-refractivity contribution in [2.24, 2.45) is 0 Å². The van der Waals surface area contributed by atoms with E-state index in [0.29, 0.717) is 5.69 Å². The Balaban J connectivity index is 2.05.